The highest BCUT2D eigenvalue weighted by Gasteiger charge is 2.35. The fourth-order valence-corrected chi connectivity index (χ4v) is 3.71. The van der Waals surface area contributed by atoms with Gasteiger partial charge in [0.2, 0.25) is 0 Å². The molecule has 10 heteroatoms. The average molecular weight is 430 g/mol. The number of rotatable bonds is 7. The Morgan fingerprint density at radius 3 is 2.30 bits per heavy atom. The van der Waals surface area contributed by atoms with Gasteiger partial charge in [0.1, 0.15) is 17.2 Å². The molecule has 0 saturated carbocycles. The molecule has 0 aliphatic carbocycles. The molecule has 9 nitrogen and oxygen atoms in total. The highest BCUT2D eigenvalue weighted by molar-refractivity contribution is 8.18. The van der Waals surface area contributed by atoms with Crippen molar-refractivity contribution in [2.75, 3.05) is 21.3 Å². The Bertz CT molecular complexity index is 1030. The van der Waals surface area contributed by atoms with Crippen molar-refractivity contribution in [1.29, 1.82) is 0 Å². The second-order valence-corrected chi connectivity index (χ2v) is 7.13. The zero-order valence-corrected chi connectivity index (χ0v) is 17.2. The van der Waals surface area contributed by atoms with Crippen LogP contribution in [0.1, 0.15) is 11.1 Å². The fourth-order valence-electron chi connectivity index (χ4n) is 2.89. The summed E-state index contributed by atoms with van der Waals surface area (Å²) in [6, 6.07) is 9.09. The third kappa shape index (κ3) is 4.23. The van der Waals surface area contributed by atoms with E-state index in [2.05, 4.69) is 0 Å². The van der Waals surface area contributed by atoms with Crippen molar-refractivity contribution >= 4 is 34.7 Å². The van der Waals surface area contributed by atoms with Gasteiger partial charge in [-0.1, -0.05) is 12.1 Å². The van der Waals surface area contributed by atoms with Crippen molar-refractivity contribution in [2.45, 2.75) is 6.54 Å². The Morgan fingerprint density at radius 1 is 1.07 bits per heavy atom. The van der Waals surface area contributed by atoms with Gasteiger partial charge >= 0.3 is 0 Å². The predicted octanol–water partition coefficient (Wildman–Crippen LogP) is 3.86. The van der Waals surface area contributed by atoms with Crippen LogP contribution in [-0.2, 0) is 11.3 Å². The van der Waals surface area contributed by atoms with Gasteiger partial charge in [0.25, 0.3) is 16.8 Å². The third-order valence-corrected chi connectivity index (χ3v) is 5.27. The topological polar surface area (TPSA) is 108 Å². The number of hydrogen-bond donors (Lipinski definition) is 0. The number of carbonyl (C=O) groups excluding carboxylic acids is 2. The average Bonchev–Trinajstić information content (AvgIpc) is 3.01. The first-order chi connectivity index (χ1) is 14.4. The molecule has 2 amide bonds. The van der Waals surface area contributed by atoms with E-state index in [1.807, 2.05) is 0 Å². The quantitative estimate of drug-likeness (QED) is 0.370. The minimum atomic E-state index is -0.528. The molecule has 1 aliphatic heterocycles. The van der Waals surface area contributed by atoms with E-state index in [0.717, 1.165) is 16.7 Å². The zero-order valence-electron chi connectivity index (χ0n) is 16.4. The van der Waals surface area contributed by atoms with Crippen LogP contribution in [0.2, 0.25) is 0 Å². The number of nitrogens with zero attached hydrogens (tertiary/aromatic N) is 2. The summed E-state index contributed by atoms with van der Waals surface area (Å²) in [6.45, 7) is -0.0689. The molecule has 0 radical (unpaired) electrons. The van der Waals surface area contributed by atoms with Gasteiger partial charge in [-0.05, 0) is 23.4 Å². The highest BCUT2D eigenvalue weighted by atomic mass is 32.2. The van der Waals surface area contributed by atoms with Crippen LogP contribution in [0, 0.1) is 10.1 Å². The van der Waals surface area contributed by atoms with Gasteiger partial charge in [-0.2, -0.15) is 0 Å². The zero-order chi connectivity index (χ0) is 21.8. The smallest absolute Gasteiger partial charge is 0.293 e. The number of carbonyl (C=O) groups is 2. The van der Waals surface area contributed by atoms with Crippen molar-refractivity contribution in [3.05, 3.63) is 62.5 Å². The van der Waals surface area contributed by atoms with E-state index >= 15 is 0 Å². The number of hydrogen-bond acceptors (Lipinski definition) is 8. The van der Waals surface area contributed by atoms with Gasteiger partial charge in [-0.15, -0.1) is 0 Å². The fraction of sp³-hybridized carbons (Fsp3) is 0.200. The summed E-state index contributed by atoms with van der Waals surface area (Å²) in [5.41, 5.74) is 0.858. The lowest BCUT2D eigenvalue weighted by Gasteiger charge is -2.13. The van der Waals surface area contributed by atoms with Gasteiger partial charge in [0, 0.05) is 24.3 Å². The van der Waals surface area contributed by atoms with E-state index in [0.29, 0.717) is 28.4 Å². The lowest BCUT2D eigenvalue weighted by Crippen LogP contribution is -2.27. The Hall–Kier alpha value is -3.53. The van der Waals surface area contributed by atoms with E-state index < -0.39 is 16.1 Å². The molecule has 0 aromatic heterocycles. The van der Waals surface area contributed by atoms with Crippen LogP contribution in [0.15, 0.2) is 41.3 Å². The molecule has 0 N–H and O–H groups in total. The minimum absolute atomic E-state index is 0.0689. The van der Waals surface area contributed by atoms with Gasteiger partial charge in [0.05, 0.1) is 43.3 Å². The minimum Gasteiger partial charge on any atom is -0.496 e. The van der Waals surface area contributed by atoms with Crippen LogP contribution in [0.25, 0.3) is 6.08 Å². The van der Waals surface area contributed by atoms with E-state index in [9.17, 15) is 19.7 Å². The molecular weight excluding hydrogens is 412 g/mol. The molecule has 1 fully saturated rings. The second-order valence-electron chi connectivity index (χ2n) is 6.14. The van der Waals surface area contributed by atoms with Crippen LogP contribution in [0.4, 0.5) is 10.5 Å². The number of imide groups is 1. The number of methoxy groups -OCH3 is 3. The van der Waals surface area contributed by atoms with Crippen molar-refractivity contribution in [3.8, 4) is 17.2 Å². The molecule has 1 heterocycles. The second kappa shape index (κ2) is 8.87. The molecule has 30 heavy (non-hydrogen) atoms. The number of nitro benzene ring substituents is 1. The van der Waals surface area contributed by atoms with E-state index in [1.54, 1.807) is 18.2 Å². The van der Waals surface area contributed by atoms with Crippen molar-refractivity contribution in [2.24, 2.45) is 0 Å². The van der Waals surface area contributed by atoms with Crippen molar-refractivity contribution in [3.63, 3.8) is 0 Å². The summed E-state index contributed by atoms with van der Waals surface area (Å²) >= 11 is 0.777. The summed E-state index contributed by atoms with van der Waals surface area (Å²) in [5.74, 6) is 0.837. The van der Waals surface area contributed by atoms with E-state index in [-0.39, 0.29) is 17.1 Å². The van der Waals surface area contributed by atoms with Crippen LogP contribution in [0.3, 0.4) is 0 Å². The summed E-state index contributed by atoms with van der Waals surface area (Å²) in [7, 11) is 4.45. The number of amides is 2. The lowest BCUT2D eigenvalue weighted by atomic mass is 10.1. The Kier molecular flexibility index (Phi) is 6.26. The Balaban J connectivity index is 1.92. The lowest BCUT2D eigenvalue weighted by molar-refractivity contribution is -0.384. The summed E-state index contributed by atoms with van der Waals surface area (Å²) in [4.78, 5) is 36.9. The number of nitro groups is 1. The van der Waals surface area contributed by atoms with Crippen LogP contribution < -0.4 is 14.2 Å². The Morgan fingerprint density at radius 2 is 1.73 bits per heavy atom. The van der Waals surface area contributed by atoms with Crippen LogP contribution in [0.5, 0.6) is 17.2 Å². The molecule has 0 spiro atoms. The van der Waals surface area contributed by atoms with Crippen molar-refractivity contribution in [1.82, 2.24) is 4.90 Å². The maximum absolute atomic E-state index is 12.8. The first-order valence-electron chi connectivity index (χ1n) is 8.66. The SMILES string of the molecule is COc1cc(OC)c(/C=C2\SC(=O)N(Cc3cccc([N+](=O)[O-])c3)C2=O)c(OC)c1. The monoisotopic (exact) mass is 430 g/mol. The summed E-state index contributed by atoms with van der Waals surface area (Å²) < 4.78 is 16.0. The Labute approximate surface area is 176 Å². The molecule has 2 aromatic carbocycles. The maximum Gasteiger partial charge on any atom is 0.293 e. The largest absolute Gasteiger partial charge is 0.496 e. The highest BCUT2D eigenvalue weighted by Crippen LogP contribution is 2.40. The number of thioether (sulfide) groups is 1. The first kappa shape index (κ1) is 21.2. The molecule has 1 aliphatic rings. The van der Waals surface area contributed by atoms with E-state index in [4.69, 9.17) is 14.2 Å². The van der Waals surface area contributed by atoms with Crippen LogP contribution >= 0.6 is 11.8 Å². The summed E-state index contributed by atoms with van der Waals surface area (Å²) in [6.07, 6.45) is 1.52. The van der Waals surface area contributed by atoms with Gasteiger partial charge in [-0.3, -0.25) is 24.6 Å². The molecule has 3 rings (SSSR count). The standard InChI is InChI=1S/C20H18N2O7S/c1-27-14-8-16(28-2)15(17(9-14)29-3)10-18-19(23)21(20(24)30-18)11-12-5-4-6-13(7-12)22(25)26/h4-10H,11H2,1-3H3/b18-10-. The molecule has 0 bridgehead atoms. The van der Waals surface area contributed by atoms with Crippen LogP contribution in [-0.4, -0.2) is 42.3 Å². The number of ether oxygens (including phenoxy) is 3. The molecular formula is C20H18N2O7S. The van der Waals surface area contributed by atoms with Gasteiger partial charge in [0.15, 0.2) is 0 Å². The van der Waals surface area contributed by atoms with Crippen molar-refractivity contribution < 1.29 is 28.7 Å². The number of benzene rings is 2. The predicted molar refractivity (Wildman–Crippen MR) is 111 cm³/mol. The summed E-state index contributed by atoms with van der Waals surface area (Å²) in [5, 5.41) is 10.5. The molecule has 2 aromatic rings. The maximum atomic E-state index is 12.8. The molecule has 1 saturated heterocycles. The molecule has 156 valence electrons. The molecule has 0 atom stereocenters. The van der Waals surface area contributed by atoms with Gasteiger partial charge < -0.3 is 14.2 Å². The number of non-ortho nitro benzene ring substituents is 1. The normalized spacial score (nSPS) is 14.9. The van der Waals surface area contributed by atoms with E-state index in [1.165, 1.54) is 45.6 Å². The first-order valence-corrected chi connectivity index (χ1v) is 9.48. The third-order valence-electron chi connectivity index (χ3n) is 4.36. The molecule has 0 unspecified atom stereocenters. The van der Waals surface area contributed by atoms with Gasteiger partial charge in [-0.25, -0.2) is 0 Å².